The van der Waals surface area contributed by atoms with Crippen LogP contribution in [0.1, 0.15) is 53.3 Å². The summed E-state index contributed by atoms with van der Waals surface area (Å²) in [7, 11) is 0. The summed E-state index contributed by atoms with van der Waals surface area (Å²) < 4.78 is 0. The molecular weight excluding hydrogens is 238 g/mol. The molecule has 1 heterocycles. The van der Waals surface area contributed by atoms with Crippen LogP contribution in [0.3, 0.4) is 0 Å². The molecule has 1 aliphatic heterocycles. The van der Waals surface area contributed by atoms with Crippen molar-refractivity contribution >= 4 is 11.8 Å². The lowest BCUT2D eigenvalue weighted by molar-refractivity contribution is 0.0629. The minimum absolute atomic E-state index is 0.111. The summed E-state index contributed by atoms with van der Waals surface area (Å²) in [6.07, 6.45) is 4.75. The van der Waals surface area contributed by atoms with Crippen molar-refractivity contribution in [2.24, 2.45) is 11.8 Å². The molecule has 2 atom stereocenters. The highest BCUT2D eigenvalue weighted by atomic mass is 16.2. The van der Waals surface area contributed by atoms with Crippen molar-refractivity contribution in [1.29, 1.82) is 0 Å². The van der Waals surface area contributed by atoms with E-state index in [1.165, 1.54) is 17.7 Å². The van der Waals surface area contributed by atoms with E-state index in [0.29, 0.717) is 23.6 Å². The molecule has 0 radical (unpaired) electrons. The van der Waals surface area contributed by atoms with Gasteiger partial charge in [0.25, 0.3) is 11.8 Å². The average Bonchev–Trinajstić information content (AvgIpc) is 2.99. The fourth-order valence-electron chi connectivity index (χ4n) is 3.38. The fraction of sp³-hybridized carbons (Fsp3) is 0.500. The number of hydrogen-bond donors (Lipinski definition) is 0. The molecule has 0 bridgehead atoms. The van der Waals surface area contributed by atoms with Crippen LogP contribution in [0.5, 0.6) is 0 Å². The van der Waals surface area contributed by atoms with Crippen molar-refractivity contribution < 1.29 is 9.59 Å². The molecule has 2 aliphatic rings. The Balaban J connectivity index is 1.74. The van der Waals surface area contributed by atoms with Gasteiger partial charge in [0.1, 0.15) is 0 Å². The lowest BCUT2D eigenvalue weighted by Gasteiger charge is -2.18. The first-order valence-corrected chi connectivity index (χ1v) is 7.16. The molecule has 1 saturated carbocycles. The standard InChI is InChI=1S/C16H19NO2/c1-2-11-7-8-12(9-11)10-17-15(18)13-5-3-4-6-14(13)16(17)19/h3-6,11-12H,2,7-10H2,1H3/t11?,12-/m0/s1. The molecule has 1 aromatic rings. The molecular formula is C16H19NO2. The van der Waals surface area contributed by atoms with Crippen LogP contribution >= 0.6 is 0 Å². The Morgan fingerprint density at radius 2 is 1.63 bits per heavy atom. The molecule has 3 rings (SSSR count). The van der Waals surface area contributed by atoms with Crippen molar-refractivity contribution in [3.8, 4) is 0 Å². The zero-order chi connectivity index (χ0) is 13.4. The largest absolute Gasteiger partial charge is 0.274 e. The van der Waals surface area contributed by atoms with Gasteiger partial charge in [0.2, 0.25) is 0 Å². The van der Waals surface area contributed by atoms with Crippen molar-refractivity contribution in [3.05, 3.63) is 35.4 Å². The number of rotatable bonds is 3. The van der Waals surface area contributed by atoms with E-state index in [9.17, 15) is 9.59 Å². The Labute approximate surface area is 113 Å². The van der Waals surface area contributed by atoms with Gasteiger partial charge in [-0.2, -0.15) is 0 Å². The van der Waals surface area contributed by atoms with E-state index in [4.69, 9.17) is 0 Å². The number of carbonyl (C=O) groups is 2. The Kier molecular flexibility index (Phi) is 3.13. The third-order valence-corrected chi connectivity index (χ3v) is 4.55. The third kappa shape index (κ3) is 2.07. The summed E-state index contributed by atoms with van der Waals surface area (Å²) >= 11 is 0. The summed E-state index contributed by atoms with van der Waals surface area (Å²) in [5.41, 5.74) is 1.13. The highest BCUT2D eigenvalue weighted by Crippen LogP contribution is 2.34. The lowest BCUT2D eigenvalue weighted by atomic mass is 10.0. The molecule has 100 valence electrons. The lowest BCUT2D eigenvalue weighted by Crippen LogP contribution is -2.34. The van der Waals surface area contributed by atoms with Crippen LogP contribution in [0, 0.1) is 11.8 Å². The van der Waals surface area contributed by atoms with Gasteiger partial charge in [-0.05, 0) is 36.8 Å². The third-order valence-electron chi connectivity index (χ3n) is 4.55. The maximum atomic E-state index is 12.3. The first kappa shape index (κ1) is 12.4. The number of carbonyl (C=O) groups excluding carboxylic acids is 2. The second-order valence-electron chi connectivity index (χ2n) is 5.72. The van der Waals surface area contributed by atoms with Gasteiger partial charge in [-0.3, -0.25) is 14.5 Å². The summed E-state index contributed by atoms with van der Waals surface area (Å²) in [6, 6.07) is 7.13. The SMILES string of the molecule is CCC1CC[C@H](CN2C(=O)c3ccccc3C2=O)C1. The van der Waals surface area contributed by atoms with Gasteiger partial charge in [0.05, 0.1) is 11.1 Å². The summed E-state index contributed by atoms with van der Waals surface area (Å²) in [4.78, 5) is 26.0. The number of amides is 2. The Bertz CT molecular complexity index is 488. The number of fused-ring (bicyclic) bond motifs is 1. The summed E-state index contributed by atoms with van der Waals surface area (Å²) in [6.45, 7) is 2.82. The molecule has 1 aliphatic carbocycles. The molecule has 1 fully saturated rings. The summed E-state index contributed by atoms with van der Waals surface area (Å²) in [5, 5.41) is 0. The van der Waals surface area contributed by atoms with Crippen molar-refractivity contribution in [1.82, 2.24) is 4.90 Å². The van der Waals surface area contributed by atoms with Crippen LogP contribution in [0.2, 0.25) is 0 Å². The van der Waals surface area contributed by atoms with E-state index in [1.807, 2.05) is 12.1 Å². The van der Waals surface area contributed by atoms with Crippen LogP contribution < -0.4 is 0 Å². The molecule has 0 spiro atoms. The maximum absolute atomic E-state index is 12.3. The van der Waals surface area contributed by atoms with Crippen molar-refractivity contribution in [2.75, 3.05) is 6.54 Å². The molecule has 1 aromatic carbocycles. The van der Waals surface area contributed by atoms with Crippen LogP contribution in [0.15, 0.2) is 24.3 Å². The fourth-order valence-corrected chi connectivity index (χ4v) is 3.38. The minimum Gasteiger partial charge on any atom is -0.274 e. The first-order chi connectivity index (χ1) is 9.20. The zero-order valence-electron chi connectivity index (χ0n) is 11.3. The van der Waals surface area contributed by atoms with E-state index >= 15 is 0 Å². The predicted octanol–water partition coefficient (Wildman–Crippen LogP) is 3.11. The van der Waals surface area contributed by atoms with E-state index in [1.54, 1.807) is 12.1 Å². The quantitative estimate of drug-likeness (QED) is 0.780. The Morgan fingerprint density at radius 3 is 2.16 bits per heavy atom. The second-order valence-corrected chi connectivity index (χ2v) is 5.72. The van der Waals surface area contributed by atoms with Gasteiger partial charge in [-0.25, -0.2) is 0 Å². The van der Waals surface area contributed by atoms with Crippen LogP contribution in [0.4, 0.5) is 0 Å². The number of imide groups is 1. The van der Waals surface area contributed by atoms with Gasteiger partial charge in [0.15, 0.2) is 0 Å². The van der Waals surface area contributed by atoms with E-state index in [2.05, 4.69) is 6.92 Å². The Morgan fingerprint density at radius 1 is 1.05 bits per heavy atom. The van der Waals surface area contributed by atoms with Crippen LogP contribution in [0.25, 0.3) is 0 Å². The normalized spacial score (nSPS) is 26.1. The van der Waals surface area contributed by atoms with Crippen molar-refractivity contribution in [2.45, 2.75) is 32.6 Å². The monoisotopic (exact) mass is 257 g/mol. The molecule has 3 heteroatoms. The number of benzene rings is 1. The van der Waals surface area contributed by atoms with E-state index < -0.39 is 0 Å². The number of hydrogen-bond acceptors (Lipinski definition) is 2. The average molecular weight is 257 g/mol. The van der Waals surface area contributed by atoms with Crippen LogP contribution in [-0.4, -0.2) is 23.3 Å². The highest BCUT2D eigenvalue weighted by Gasteiger charge is 2.37. The number of nitrogens with zero attached hydrogens (tertiary/aromatic N) is 1. The molecule has 0 N–H and O–H groups in total. The van der Waals surface area contributed by atoms with Gasteiger partial charge in [-0.15, -0.1) is 0 Å². The second kappa shape index (κ2) is 4.80. The molecule has 1 unspecified atom stereocenters. The first-order valence-electron chi connectivity index (χ1n) is 7.16. The van der Waals surface area contributed by atoms with Crippen molar-refractivity contribution in [3.63, 3.8) is 0 Å². The predicted molar refractivity (Wildman–Crippen MR) is 72.9 cm³/mol. The maximum Gasteiger partial charge on any atom is 0.261 e. The van der Waals surface area contributed by atoms with E-state index in [-0.39, 0.29) is 11.8 Å². The highest BCUT2D eigenvalue weighted by molar-refractivity contribution is 6.21. The van der Waals surface area contributed by atoms with Crippen LogP contribution in [-0.2, 0) is 0 Å². The van der Waals surface area contributed by atoms with Gasteiger partial charge in [0, 0.05) is 6.54 Å². The molecule has 0 aromatic heterocycles. The Hall–Kier alpha value is -1.64. The molecule has 0 saturated heterocycles. The molecule has 3 nitrogen and oxygen atoms in total. The summed E-state index contributed by atoms with van der Waals surface area (Å²) in [5.74, 6) is 1.05. The smallest absolute Gasteiger partial charge is 0.261 e. The van der Waals surface area contributed by atoms with Gasteiger partial charge < -0.3 is 0 Å². The molecule has 19 heavy (non-hydrogen) atoms. The van der Waals surface area contributed by atoms with Gasteiger partial charge >= 0.3 is 0 Å². The molecule has 2 amide bonds. The van der Waals surface area contributed by atoms with Gasteiger partial charge in [-0.1, -0.05) is 31.9 Å². The minimum atomic E-state index is -0.111. The zero-order valence-corrected chi connectivity index (χ0v) is 11.3. The topological polar surface area (TPSA) is 37.4 Å². The van der Waals surface area contributed by atoms with E-state index in [0.717, 1.165) is 18.8 Å².